The minimum atomic E-state index is -1.07. The van der Waals surface area contributed by atoms with Crippen molar-refractivity contribution in [1.29, 1.82) is 0 Å². The van der Waals surface area contributed by atoms with E-state index in [0.717, 1.165) is 11.1 Å². The number of nitrogens with zero attached hydrogens (tertiary/aromatic N) is 3. The zero-order chi connectivity index (χ0) is 14.7. The molecule has 0 fully saturated rings. The Morgan fingerprint density at radius 2 is 2.00 bits per heavy atom. The predicted molar refractivity (Wildman–Crippen MR) is 79.4 cm³/mol. The van der Waals surface area contributed by atoms with Crippen molar-refractivity contribution < 1.29 is 9.90 Å². The number of fused-ring (bicyclic) bond motifs is 1. The summed E-state index contributed by atoms with van der Waals surface area (Å²) in [5.74, 6) is -1.07. The summed E-state index contributed by atoms with van der Waals surface area (Å²) in [4.78, 5) is 10.7. The zero-order valence-corrected chi connectivity index (χ0v) is 11.2. The largest absolute Gasteiger partial charge is 0.476 e. The van der Waals surface area contributed by atoms with E-state index >= 15 is 0 Å². The zero-order valence-electron chi connectivity index (χ0n) is 11.2. The molecule has 0 radical (unpaired) electrons. The van der Waals surface area contributed by atoms with Crippen molar-refractivity contribution in [3.05, 3.63) is 54.4 Å². The highest BCUT2D eigenvalue weighted by atomic mass is 16.4. The van der Waals surface area contributed by atoms with E-state index in [1.165, 1.54) is 16.3 Å². The first kappa shape index (κ1) is 13.1. The predicted octanol–water partition coefficient (Wildman–Crippen LogP) is 2.24. The van der Waals surface area contributed by atoms with Crippen LogP contribution < -0.4 is 5.32 Å². The van der Waals surface area contributed by atoms with E-state index in [2.05, 4.69) is 33.8 Å². The quantitative estimate of drug-likeness (QED) is 0.750. The van der Waals surface area contributed by atoms with Crippen LogP contribution in [0.3, 0.4) is 0 Å². The van der Waals surface area contributed by atoms with Gasteiger partial charge in [-0.1, -0.05) is 41.6 Å². The van der Waals surface area contributed by atoms with Crippen LogP contribution in [-0.2, 0) is 6.54 Å². The molecule has 0 aliphatic rings. The minimum Gasteiger partial charge on any atom is -0.476 e. The fourth-order valence-corrected chi connectivity index (χ4v) is 2.19. The summed E-state index contributed by atoms with van der Waals surface area (Å²) in [6.07, 6.45) is 1.42. The van der Waals surface area contributed by atoms with Gasteiger partial charge in [-0.05, 0) is 11.5 Å². The molecular formula is C15H14N4O2. The maximum atomic E-state index is 10.7. The van der Waals surface area contributed by atoms with Gasteiger partial charge >= 0.3 is 5.97 Å². The van der Waals surface area contributed by atoms with Crippen molar-refractivity contribution in [3.63, 3.8) is 0 Å². The van der Waals surface area contributed by atoms with Crippen LogP contribution in [0.1, 0.15) is 10.5 Å². The summed E-state index contributed by atoms with van der Waals surface area (Å²) < 4.78 is 1.52. The van der Waals surface area contributed by atoms with Crippen LogP contribution in [0, 0.1) is 0 Å². The molecule has 3 rings (SSSR count). The summed E-state index contributed by atoms with van der Waals surface area (Å²) in [5, 5.41) is 21.8. The first-order valence-electron chi connectivity index (χ1n) is 6.59. The van der Waals surface area contributed by atoms with Crippen LogP contribution in [0.2, 0.25) is 0 Å². The second-order valence-corrected chi connectivity index (χ2v) is 4.63. The number of carboxylic acid groups (broad SMARTS) is 1. The smallest absolute Gasteiger partial charge is 0.358 e. The molecule has 2 aromatic carbocycles. The van der Waals surface area contributed by atoms with Gasteiger partial charge in [-0.15, -0.1) is 5.10 Å². The molecule has 0 spiro atoms. The summed E-state index contributed by atoms with van der Waals surface area (Å²) in [6, 6.07) is 14.2. The van der Waals surface area contributed by atoms with Gasteiger partial charge in [-0.25, -0.2) is 9.48 Å². The number of hydrogen-bond donors (Lipinski definition) is 2. The van der Waals surface area contributed by atoms with Crippen molar-refractivity contribution in [1.82, 2.24) is 15.0 Å². The summed E-state index contributed by atoms with van der Waals surface area (Å²) >= 11 is 0. The molecule has 106 valence electrons. The first-order valence-corrected chi connectivity index (χ1v) is 6.59. The highest BCUT2D eigenvalue weighted by Gasteiger charge is 2.07. The number of anilines is 1. The molecule has 6 heteroatoms. The lowest BCUT2D eigenvalue weighted by atomic mass is 10.1. The van der Waals surface area contributed by atoms with Gasteiger partial charge in [0.2, 0.25) is 0 Å². The maximum Gasteiger partial charge on any atom is 0.358 e. The Bertz CT molecular complexity index is 777. The Hall–Kier alpha value is -2.89. The fraction of sp³-hybridized carbons (Fsp3) is 0.133. The van der Waals surface area contributed by atoms with Crippen molar-refractivity contribution >= 4 is 22.4 Å². The third-order valence-electron chi connectivity index (χ3n) is 3.20. The van der Waals surface area contributed by atoms with Gasteiger partial charge in [-0.3, -0.25) is 0 Å². The van der Waals surface area contributed by atoms with Gasteiger partial charge in [0.25, 0.3) is 0 Å². The van der Waals surface area contributed by atoms with Crippen molar-refractivity contribution in [2.45, 2.75) is 6.54 Å². The molecule has 0 unspecified atom stereocenters. The minimum absolute atomic E-state index is 0.0415. The molecule has 6 nitrogen and oxygen atoms in total. The van der Waals surface area contributed by atoms with Crippen molar-refractivity contribution in [2.24, 2.45) is 0 Å². The number of carboxylic acids is 1. The van der Waals surface area contributed by atoms with E-state index in [1.807, 2.05) is 24.3 Å². The molecule has 0 aliphatic heterocycles. The topological polar surface area (TPSA) is 80.0 Å². The van der Waals surface area contributed by atoms with E-state index in [1.54, 1.807) is 0 Å². The van der Waals surface area contributed by atoms with Crippen LogP contribution in [0.4, 0.5) is 5.69 Å². The van der Waals surface area contributed by atoms with Gasteiger partial charge in [0, 0.05) is 17.6 Å². The van der Waals surface area contributed by atoms with Gasteiger partial charge in [0.05, 0.1) is 12.7 Å². The third-order valence-corrected chi connectivity index (χ3v) is 3.20. The number of benzene rings is 2. The highest BCUT2D eigenvalue weighted by Crippen LogP contribution is 2.22. The Labute approximate surface area is 121 Å². The van der Waals surface area contributed by atoms with Gasteiger partial charge in [0.15, 0.2) is 5.69 Å². The van der Waals surface area contributed by atoms with Crippen LogP contribution in [0.5, 0.6) is 0 Å². The molecule has 0 saturated heterocycles. The Kier molecular flexibility index (Phi) is 3.51. The number of rotatable bonds is 5. The Morgan fingerprint density at radius 1 is 1.19 bits per heavy atom. The van der Waals surface area contributed by atoms with E-state index in [4.69, 9.17) is 5.11 Å². The van der Waals surface area contributed by atoms with Crippen molar-refractivity contribution in [3.8, 4) is 0 Å². The molecule has 1 aromatic heterocycles. The summed E-state index contributed by atoms with van der Waals surface area (Å²) in [7, 11) is 0. The average molecular weight is 282 g/mol. The van der Waals surface area contributed by atoms with Gasteiger partial charge in [0.1, 0.15) is 0 Å². The first-order chi connectivity index (χ1) is 10.2. The molecule has 0 amide bonds. The molecule has 21 heavy (non-hydrogen) atoms. The summed E-state index contributed by atoms with van der Waals surface area (Å²) in [6.45, 7) is 1.18. The lowest BCUT2D eigenvalue weighted by molar-refractivity contribution is 0.0690. The number of aromatic carboxylic acids is 1. The van der Waals surface area contributed by atoms with E-state index < -0.39 is 5.97 Å². The number of nitrogens with one attached hydrogen (secondary N) is 1. The van der Waals surface area contributed by atoms with Crippen LogP contribution >= 0.6 is 0 Å². The normalized spacial score (nSPS) is 10.7. The average Bonchev–Trinajstić information content (AvgIpc) is 2.97. The SMILES string of the molecule is O=C(O)c1cn(CCNc2cccc3ccccc23)nn1. The van der Waals surface area contributed by atoms with Crippen LogP contribution in [-0.4, -0.2) is 32.6 Å². The van der Waals surface area contributed by atoms with E-state index in [0.29, 0.717) is 13.1 Å². The molecule has 2 N–H and O–H groups in total. The fourth-order valence-electron chi connectivity index (χ4n) is 2.19. The lowest BCUT2D eigenvalue weighted by Crippen LogP contribution is -2.11. The Balaban J connectivity index is 1.68. The van der Waals surface area contributed by atoms with E-state index in [9.17, 15) is 4.79 Å². The third kappa shape index (κ3) is 2.84. The molecule has 0 saturated carbocycles. The number of aromatic nitrogens is 3. The monoisotopic (exact) mass is 282 g/mol. The lowest BCUT2D eigenvalue weighted by Gasteiger charge is -2.09. The standard InChI is InChI=1S/C15H14N4O2/c20-15(21)14-10-19(18-17-14)9-8-16-13-7-3-5-11-4-1-2-6-12(11)13/h1-7,10,16H,8-9H2,(H,20,21). The number of hydrogen-bond acceptors (Lipinski definition) is 4. The molecule has 3 aromatic rings. The Morgan fingerprint density at radius 3 is 2.81 bits per heavy atom. The summed E-state index contributed by atoms with van der Waals surface area (Å²) in [5.41, 5.74) is 1.01. The molecule has 0 bridgehead atoms. The second kappa shape index (κ2) is 5.62. The molecule has 1 heterocycles. The van der Waals surface area contributed by atoms with Crippen molar-refractivity contribution in [2.75, 3.05) is 11.9 Å². The second-order valence-electron chi connectivity index (χ2n) is 4.63. The van der Waals surface area contributed by atoms with Gasteiger partial charge in [-0.2, -0.15) is 0 Å². The highest BCUT2D eigenvalue weighted by molar-refractivity contribution is 5.93. The van der Waals surface area contributed by atoms with E-state index in [-0.39, 0.29) is 5.69 Å². The molecular weight excluding hydrogens is 268 g/mol. The molecule has 0 aliphatic carbocycles. The number of carbonyl (C=O) groups is 1. The molecule has 0 atom stereocenters. The van der Waals surface area contributed by atoms with Gasteiger partial charge < -0.3 is 10.4 Å². The van der Waals surface area contributed by atoms with Crippen LogP contribution in [0.15, 0.2) is 48.7 Å². The van der Waals surface area contributed by atoms with Crippen LogP contribution in [0.25, 0.3) is 10.8 Å². The maximum absolute atomic E-state index is 10.7.